The number of piperidine rings is 1. The molecule has 1 saturated carbocycles. The maximum atomic E-state index is 14.2. The van der Waals surface area contributed by atoms with Crippen molar-refractivity contribution in [3.8, 4) is 11.4 Å². The third-order valence-corrected chi connectivity index (χ3v) is 5.95. The highest BCUT2D eigenvalue weighted by Gasteiger charge is 2.31. The number of likely N-dealkylation sites (tertiary alicyclic amines) is 1. The average Bonchev–Trinajstić information content (AvgIpc) is 3.40. The minimum Gasteiger partial charge on any atom is -0.342 e. The van der Waals surface area contributed by atoms with Crippen molar-refractivity contribution < 1.29 is 9.18 Å². The largest absolute Gasteiger partial charge is 0.342 e. The van der Waals surface area contributed by atoms with Gasteiger partial charge < -0.3 is 4.90 Å². The Hall–Kier alpha value is -1.89. The topological polar surface area (TPSA) is 51.0 Å². The van der Waals surface area contributed by atoms with Gasteiger partial charge in [-0.25, -0.2) is 4.39 Å². The number of amides is 1. The van der Waals surface area contributed by atoms with Gasteiger partial charge in [0.2, 0.25) is 5.91 Å². The molecule has 138 valence electrons. The van der Waals surface area contributed by atoms with Crippen LogP contribution < -0.4 is 0 Å². The van der Waals surface area contributed by atoms with Crippen LogP contribution in [0.3, 0.4) is 0 Å². The molecule has 1 amide bonds. The average molecular weight is 374 g/mol. The van der Waals surface area contributed by atoms with Crippen LogP contribution in [0.2, 0.25) is 0 Å². The van der Waals surface area contributed by atoms with Crippen LogP contribution >= 0.6 is 11.8 Å². The van der Waals surface area contributed by atoms with E-state index in [0.717, 1.165) is 32.4 Å². The maximum absolute atomic E-state index is 14.2. The summed E-state index contributed by atoms with van der Waals surface area (Å²) in [6.45, 7) is 3.88. The zero-order chi connectivity index (χ0) is 18.1. The first-order chi connectivity index (χ1) is 12.6. The van der Waals surface area contributed by atoms with Crippen molar-refractivity contribution >= 4 is 17.7 Å². The van der Waals surface area contributed by atoms with E-state index in [1.165, 1.54) is 24.2 Å². The van der Waals surface area contributed by atoms with Gasteiger partial charge in [-0.2, -0.15) is 0 Å². The highest BCUT2D eigenvalue weighted by Crippen LogP contribution is 2.41. The van der Waals surface area contributed by atoms with Crippen molar-refractivity contribution in [1.29, 1.82) is 0 Å². The Morgan fingerprint density at radius 1 is 1.27 bits per heavy atom. The van der Waals surface area contributed by atoms with E-state index in [1.54, 1.807) is 18.2 Å². The van der Waals surface area contributed by atoms with Gasteiger partial charge in [0.15, 0.2) is 11.0 Å². The van der Waals surface area contributed by atoms with Crippen molar-refractivity contribution in [1.82, 2.24) is 19.7 Å². The first-order valence-electron chi connectivity index (χ1n) is 9.24. The molecule has 0 N–H and O–H groups in total. The van der Waals surface area contributed by atoms with Crippen LogP contribution in [0, 0.1) is 11.7 Å². The first kappa shape index (κ1) is 17.5. The second kappa shape index (κ2) is 7.39. The molecule has 4 rings (SSSR count). The van der Waals surface area contributed by atoms with Gasteiger partial charge in [-0.3, -0.25) is 9.36 Å². The molecule has 1 saturated heterocycles. The van der Waals surface area contributed by atoms with Crippen LogP contribution in [0.1, 0.15) is 38.6 Å². The van der Waals surface area contributed by atoms with E-state index in [1.807, 2.05) is 9.47 Å². The number of hydrogen-bond donors (Lipinski definition) is 0. The Bertz CT molecular complexity index is 805. The summed E-state index contributed by atoms with van der Waals surface area (Å²) < 4.78 is 16.2. The lowest BCUT2D eigenvalue weighted by Crippen LogP contribution is -2.40. The minimum atomic E-state index is -0.295. The monoisotopic (exact) mass is 374 g/mol. The van der Waals surface area contributed by atoms with Crippen LogP contribution in [-0.2, 0) is 4.79 Å². The van der Waals surface area contributed by atoms with Gasteiger partial charge in [-0.05, 0) is 43.7 Å². The number of hydrogen-bond acceptors (Lipinski definition) is 4. The molecule has 26 heavy (non-hydrogen) atoms. The van der Waals surface area contributed by atoms with Gasteiger partial charge in [0, 0.05) is 19.1 Å². The van der Waals surface area contributed by atoms with E-state index >= 15 is 0 Å². The number of halogens is 1. The normalized spacial score (nSPS) is 20.4. The fourth-order valence-corrected chi connectivity index (χ4v) is 4.41. The molecule has 2 fully saturated rings. The molecular formula is C19H23FN4OS. The molecule has 1 aromatic heterocycles. The van der Waals surface area contributed by atoms with Crippen LogP contribution in [0.4, 0.5) is 4.39 Å². The zero-order valence-corrected chi connectivity index (χ0v) is 15.7. The molecule has 7 heteroatoms. The van der Waals surface area contributed by atoms with Crippen LogP contribution in [-0.4, -0.2) is 44.4 Å². The molecule has 2 aromatic rings. The van der Waals surface area contributed by atoms with Crippen molar-refractivity contribution in [2.75, 3.05) is 18.8 Å². The van der Waals surface area contributed by atoms with E-state index < -0.39 is 0 Å². The number of aromatic nitrogens is 3. The van der Waals surface area contributed by atoms with Gasteiger partial charge in [0.05, 0.1) is 11.3 Å². The molecule has 1 aliphatic heterocycles. The Labute approximate surface area is 157 Å². The molecule has 0 bridgehead atoms. The lowest BCUT2D eigenvalue weighted by atomic mass is 10.0. The number of thioether (sulfide) groups is 1. The summed E-state index contributed by atoms with van der Waals surface area (Å²) in [5.74, 6) is 1.35. The summed E-state index contributed by atoms with van der Waals surface area (Å²) in [6, 6.07) is 6.96. The molecule has 5 nitrogen and oxygen atoms in total. The maximum Gasteiger partial charge on any atom is 0.233 e. The molecule has 1 atom stereocenters. The lowest BCUT2D eigenvalue weighted by Gasteiger charge is -2.30. The van der Waals surface area contributed by atoms with E-state index in [-0.39, 0.29) is 11.7 Å². The van der Waals surface area contributed by atoms with Gasteiger partial charge in [0.1, 0.15) is 5.82 Å². The third-order valence-electron chi connectivity index (χ3n) is 5.03. The number of nitrogens with zero attached hydrogens (tertiary/aromatic N) is 4. The summed E-state index contributed by atoms with van der Waals surface area (Å²) in [5, 5.41) is 9.22. The van der Waals surface area contributed by atoms with E-state index in [2.05, 4.69) is 17.1 Å². The standard InChI is InChI=1S/C19H23FN4OS/c1-13-5-4-10-23(11-13)17(25)12-26-19-22-21-18(24(19)14-8-9-14)15-6-2-3-7-16(15)20/h2-3,6-7,13-14H,4-5,8-12H2,1H3/t13-/m1/s1. The van der Waals surface area contributed by atoms with Crippen LogP contribution in [0.5, 0.6) is 0 Å². The fourth-order valence-electron chi connectivity index (χ4n) is 3.50. The molecule has 0 radical (unpaired) electrons. The predicted molar refractivity (Wildman–Crippen MR) is 99.4 cm³/mol. The fraction of sp³-hybridized carbons (Fsp3) is 0.526. The number of carbonyl (C=O) groups is 1. The molecule has 1 aliphatic carbocycles. The second-order valence-electron chi connectivity index (χ2n) is 7.26. The SMILES string of the molecule is C[C@@H]1CCCN(C(=O)CSc2nnc(-c3ccccc3F)n2C2CC2)C1. The van der Waals surface area contributed by atoms with Gasteiger partial charge >= 0.3 is 0 Å². The quantitative estimate of drug-likeness (QED) is 0.748. The van der Waals surface area contributed by atoms with E-state index in [4.69, 9.17) is 0 Å². The summed E-state index contributed by atoms with van der Waals surface area (Å²) in [4.78, 5) is 14.5. The molecule has 2 heterocycles. The summed E-state index contributed by atoms with van der Waals surface area (Å²) in [5.41, 5.74) is 0.468. The third kappa shape index (κ3) is 3.63. The first-order valence-corrected chi connectivity index (χ1v) is 10.2. The van der Waals surface area contributed by atoms with E-state index in [9.17, 15) is 9.18 Å². The van der Waals surface area contributed by atoms with E-state index in [0.29, 0.717) is 34.3 Å². The highest BCUT2D eigenvalue weighted by atomic mass is 32.2. The van der Waals surface area contributed by atoms with Gasteiger partial charge in [-0.15, -0.1) is 10.2 Å². The number of benzene rings is 1. The molecule has 0 unspecified atom stereocenters. The number of rotatable bonds is 5. The Kier molecular flexibility index (Phi) is 4.98. The Morgan fingerprint density at radius 2 is 2.08 bits per heavy atom. The number of carbonyl (C=O) groups excluding carboxylic acids is 1. The molecule has 0 spiro atoms. The van der Waals surface area contributed by atoms with Crippen molar-refractivity contribution in [2.24, 2.45) is 5.92 Å². The molecule has 2 aliphatic rings. The van der Waals surface area contributed by atoms with Crippen molar-refractivity contribution in [3.63, 3.8) is 0 Å². The van der Waals surface area contributed by atoms with Crippen molar-refractivity contribution in [2.45, 2.75) is 43.8 Å². The van der Waals surface area contributed by atoms with Crippen molar-refractivity contribution in [3.05, 3.63) is 30.1 Å². The molecule has 1 aromatic carbocycles. The predicted octanol–water partition coefficient (Wildman–Crippen LogP) is 3.77. The zero-order valence-electron chi connectivity index (χ0n) is 14.9. The smallest absolute Gasteiger partial charge is 0.233 e. The molecular weight excluding hydrogens is 351 g/mol. The highest BCUT2D eigenvalue weighted by molar-refractivity contribution is 7.99. The summed E-state index contributed by atoms with van der Waals surface area (Å²) in [7, 11) is 0. The van der Waals surface area contributed by atoms with Gasteiger partial charge in [0.25, 0.3) is 0 Å². The van der Waals surface area contributed by atoms with Crippen LogP contribution in [0.15, 0.2) is 29.4 Å². The lowest BCUT2D eigenvalue weighted by molar-refractivity contribution is -0.130. The minimum absolute atomic E-state index is 0.152. The summed E-state index contributed by atoms with van der Waals surface area (Å²) in [6.07, 6.45) is 4.36. The van der Waals surface area contributed by atoms with Gasteiger partial charge in [-0.1, -0.05) is 30.8 Å². The Balaban J connectivity index is 1.51. The van der Waals surface area contributed by atoms with Crippen LogP contribution in [0.25, 0.3) is 11.4 Å². The summed E-state index contributed by atoms with van der Waals surface area (Å²) >= 11 is 1.42. The Morgan fingerprint density at radius 3 is 2.81 bits per heavy atom. The second-order valence-corrected chi connectivity index (χ2v) is 8.21.